The van der Waals surface area contributed by atoms with Gasteiger partial charge in [0.1, 0.15) is 11.5 Å². The Bertz CT molecular complexity index is 1450. The quantitative estimate of drug-likeness (QED) is 0.318. The summed E-state index contributed by atoms with van der Waals surface area (Å²) in [6.45, 7) is 0. The Morgan fingerprint density at radius 2 is 1.58 bits per heavy atom. The molecule has 36 heavy (non-hydrogen) atoms. The van der Waals surface area contributed by atoms with Gasteiger partial charge in [-0.1, -0.05) is 55.7 Å². The molecule has 6 rings (SSSR count). The van der Waals surface area contributed by atoms with Gasteiger partial charge < -0.3 is 18.9 Å². The Labute approximate surface area is 212 Å². The molecule has 1 aliphatic heterocycles. The summed E-state index contributed by atoms with van der Waals surface area (Å²) in [6, 6.07) is 22.7. The maximum Gasteiger partial charge on any atom is 0.255 e. The number of rotatable bonds is 5. The number of amides is 1. The zero-order valence-electron chi connectivity index (χ0n) is 21.2. The summed E-state index contributed by atoms with van der Waals surface area (Å²) in [4.78, 5) is 16.2. The highest BCUT2D eigenvalue weighted by molar-refractivity contribution is 6.02. The third-order valence-corrected chi connectivity index (χ3v) is 8.05. The van der Waals surface area contributed by atoms with Crippen LogP contribution in [0.2, 0.25) is 0 Å². The number of para-hydroxylation sites is 1. The molecule has 184 valence electrons. The first kappa shape index (κ1) is 22.7. The molecule has 0 saturated heterocycles. The van der Waals surface area contributed by atoms with Crippen LogP contribution in [-0.2, 0) is 7.05 Å². The number of carbonyl (C=O) groups excluding carboxylic acids is 1. The van der Waals surface area contributed by atoms with E-state index in [4.69, 9.17) is 9.47 Å². The van der Waals surface area contributed by atoms with Gasteiger partial charge in [0.2, 0.25) is 0 Å². The van der Waals surface area contributed by atoms with Crippen molar-refractivity contribution in [3.8, 4) is 22.8 Å². The van der Waals surface area contributed by atoms with Gasteiger partial charge in [-0.2, -0.15) is 0 Å². The fourth-order valence-corrected chi connectivity index (χ4v) is 6.39. The SMILES string of the molecule is COc1ccc(OC)c(-c2c([C@H]3c4ccccc4C(=O)N3C3CCCCC3)c3ccccc3n2C)c1. The molecule has 2 heterocycles. The molecule has 4 aromatic rings. The first-order valence-corrected chi connectivity index (χ1v) is 12.8. The van der Waals surface area contributed by atoms with E-state index in [-0.39, 0.29) is 18.0 Å². The van der Waals surface area contributed by atoms with E-state index in [1.165, 1.54) is 19.3 Å². The Morgan fingerprint density at radius 1 is 0.833 bits per heavy atom. The summed E-state index contributed by atoms with van der Waals surface area (Å²) in [7, 11) is 5.49. The predicted octanol–water partition coefficient (Wildman–Crippen LogP) is 6.74. The van der Waals surface area contributed by atoms with Crippen LogP contribution in [0.3, 0.4) is 0 Å². The molecule has 0 N–H and O–H groups in total. The van der Waals surface area contributed by atoms with Crippen molar-refractivity contribution in [3.63, 3.8) is 0 Å². The number of hydrogen-bond donors (Lipinski definition) is 0. The average Bonchev–Trinajstić information content (AvgIpc) is 3.39. The van der Waals surface area contributed by atoms with Crippen LogP contribution < -0.4 is 9.47 Å². The van der Waals surface area contributed by atoms with Crippen LogP contribution in [0.4, 0.5) is 0 Å². The van der Waals surface area contributed by atoms with Gasteiger partial charge in [0, 0.05) is 40.7 Å². The third kappa shape index (κ3) is 3.41. The first-order valence-electron chi connectivity index (χ1n) is 12.8. The minimum absolute atomic E-state index is 0.152. The van der Waals surface area contributed by atoms with Crippen LogP contribution in [0.25, 0.3) is 22.2 Å². The molecule has 1 aromatic heterocycles. The van der Waals surface area contributed by atoms with Crippen molar-refractivity contribution in [2.75, 3.05) is 14.2 Å². The Morgan fingerprint density at radius 3 is 2.36 bits per heavy atom. The largest absolute Gasteiger partial charge is 0.497 e. The summed E-state index contributed by atoms with van der Waals surface area (Å²) in [5.74, 6) is 1.71. The van der Waals surface area contributed by atoms with Gasteiger partial charge in [-0.25, -0.2) is 0 Å². The Balaban J connectivity index is 1.67. The summed E-state index contributed by atoms with van der Waals surface area (Å²) >= 11 is 0. The summed E-state index contributed by atoms with van der Waals surface area (Å²) in [5.41, 5.74) is 6.22. The molecular formula is C31H32N2O3. The fraction of sp³-hybridized carbons (Fsp3) is 0.323. The Kier molecular flexibility index (Phi) is 5.71. The number of aryl methyl sites for hydroxylation is 1. The number of fused-ring (bicyclic) bond motifs is 2. The molecule has 1 atom stereocenters. The molecule has 5 heteroatoms. The second-order valence-corrected chi connectivity index (χ2v) is 9.90. The van der Waals surface area contributed by atoms with Crippen LogP contribution in [0.15, 0.2) is 66.7 Å². The summed E-state index contributed by atoms with van der Waals surface area (Å²) in [6.07, 6.45) is 5.70. The number of ether oxygens (including phenoxy) is 2. The maximum atomic E-state index is 14.0. The Hall–Kier alpha value is -3.73. The lowest BCUT2D eigenvalue weighted by Crippen LogP contribution is -2.40. The van der Waals surface area contributed by atoms with Gasteiger partial charge in [0.15, 0.2) is 0 Å². The van der Waals surface area contributed by atoms with E-state index in [0.29, 0.717) is 0 Å². The van der Waals surface area contributed by atoms with E-state index >= 15 is 0 Å². The van der Waals surface area contributed by atoms with Crippen molar-refractivity contribution in [2.24, 2.45) is 7.05 Å². The standard InChI is InChI=1S/C31H32N2O3/c1-32-26-16-10-9-15-24(26)28(29(32)25-19-21(35-2)17-18-27(25)36-3)30-22-13-7-8-14-23(22)31(34)33(30)20-11-5-4-6-12-20/h7-10,13-20,30H,4-6,11-12H2,1-3H3/t30-/m1/s1. The highest BCUT2D eigenvalue weighted by Gasteiger charge is 2.44. The van der Waals surface area contributed by atoms with Crippen LogP contribution >= 0.6 is 0 Å². The van der Waals surface area contributed by atoms with E-state index in [9.17, 15) is 4.79 Å². The molecule has 0 bridgehead atoms. The molecule has 5 nitrogen and oxygen atoms in total. The van der Waals surface area contributed by atoms with Gasteiger partial charge in [-0.3, -0.25) is 4.79 Å². The minimum Gasteiger partial charge on any atom is -0.497 e. The lowest BCUT2D eigenvalue weighted by molar-refractivity contribution is 0.0613. The highest BCUT2D eigenvalue weighted by atomic mass is 16.5. The molecule has 1 aliphatic carbocycles. The smallest absolute Gasteiger partial charge is 0.255 e. The van der Waals surface area contributed by atoms with Gasteiger partial charge in [0.05, 0.1) is 26.0 Å². The van der Waals surface area contributed by atoms with E-state index in [2.05, 4.69) is 52.9 Å². The minimum atomic E-state index is -0.159. The molecule has 1 amide bonds. The van der Waals surface area contributed by atoms with Crippen LogP contribution in [-0.4, -0.2) is 35.6 Å². The van der Waals surface area contributed by atoms with Gasteiger partial charge in [-0.15, -0.1) is 0 Å². The van der Waals surface area contributed by atoms with Crippen molar-refractivity contribution in [1.29, 1.82) is 0 Å². The maximum absolute atomic E-state index is 14.0. The lowest BCUT2D eigenvalue weighted by Gasteiger charge is -2.36. The molecule has 1 fully saturated rings. The molecule has 1 saturated carbocycles. The highest BCUT2D eigenvalue weighted by Crippen LogP contribution is 2.50. The molecule has 2 aliphatic rings. The predicted molar refractivity (Wildman–Crippen MR) is 143 cm³/mol. The van der Waals surface area contributed by atoms with E-state index in [1.807, 2.05) is 30.3 Å². The first-order chi connectivity index (χ1) is 17.6. The van der Waals surface area contributed by atoms with Crippen LogP contribution in [0, 0.1) is 0 Å². The van der Waals surface area contributed by atoms with Crippen LogP contribution in [0.1, 0.15) is 59.6 Å². The third-order valence-electron chi connectivity index (χ3n) is 8.05. The van der Waals surface area contributed by atoms with Crippen molar-refractivity contribution in [1.82, 2.24) is 9.47 Å². The second kappa shape index (κ2) is 9.05. The average molecular weight is 481 g/mol. The fourth-order valence-electron chi connectivity index (χ4n) is 6.39. The zero-order chi connectivity index (χ0) is 24.8. The van der Waals surface area contributed by atoms with Crippen molar-refractivity contribution in [2.45, 2.75) is 44.2 Å². The summed E-state index contributed by atoms with van der Waals surface area (Å²) < 4.78 is 13.7. The number of benzene rings is 3. The molecule has 3 aromatic carbocycles. The number of hydrogen-bond acceptors (Lipinski definition) is 3. The molecular weight excluding hydrogens is 448 g/mol. The van der Waals surface area contributed by atoms with Crippen LogP contribution in [0.5, 0.6) is 11.5 Å². The number of nitrogens with zero attached hydrogens (tertiary/aromatic N) is 2. The number of methoxy groups -OCH3 is 2. The van der Waals surface area contributed by atoms with E-state index in [1.54, 1.807) is 14.2 Å². The van der Waals surface area contributed by atoms with Crippen molar-refractivity contribution >= 4 is 16.8 Å². The number of carbonyl (C=O) groups is 1. The summed E-state index contributed by atoms with van der Waals surface area (Å²) in [5, 5.41) is 1.16. The van der Waals surface area contributed by atoms with E-state index in [0.717, 1.165) is 63.2 Å². The van der Waals surface area contributed by atoms with Crippen molar-refractivity contribution < 1.29 is 14.3 Å². The van der Waals surface area contributed by atoms with Crippen molar-refractivity contribution in [3.05, 3.63) is 83.4 Å². The van der Waals surface area contributed by atoms with Gasteiger partial charge >= 0.3 is 0 Å². The van der Waals surface area contributed by atoms with Gasteiger partial charge in [0.25, 0.3) is 5.91 Å². The van der Waals surface area contributed by atoms with Gasteiger partial charge in [-0.05, 0) is 48.7 Å². The molecule has 0 radical (unpaired) electrons. The monoisotopic (exact) mass is 480 g/mol. The zero-order valence-corrected chi connectivity index (χ0v) is 21.2. The number of aromatic nitrogens is 1. The topological polar surface area (TPSA) is 43.7 Å². The lowest BCUT2D eigenvalue weighted by atomic mass is 9.89. The molecule has 0 spiro atoms. The van der Waals surface area contributed by atoms with E-state index < -0.39 is 0 Å². The molecule has 0 unspecified atom stereocenters. The normalized spacial score (nSPS) is 18.0. The second-order valence-electron chi connectivity index (χ2n) is 9.90.